The molecule has 1 aromatic rings. The molecule has 5 nitrogen and oxygen atoms in total. The standard InChI is InChI=1S/C21H24ClN4OP/c1-13(23)26-19-9-8-16(27-2)12-17(19)20(14-4-6-15(22)7-5-14)25-18(21(26)24)10-11-28-3/h4-9,11,16,18,23-24H,10,12H2,1-3H3. The first kappa shape index (κ1) is 20.7. The maximum atomic E-state index is 8.79. The lowest BCUT2D eigenvalue weighted by Gasteiger charge is -2.30. The molecule has 7 heteroatoms. The summed E-state index contributed by atoms with van der Waals surface area (Å²) >= 11 is 6.09. The monoisotopic (exact) mass is 414 g/mol. The van der Waals surface area contributed by atoms with Gasteiger partial charge in [0.15, 0.2) is 0 Å². The van der Waals surface area contributed by atoms with Gasteiger partial charge in [-0.3, -0.25) is 20.7 Å². The number of halogens is 1. The second kappa shape index (κ2) is 8.95. The van der Waals surface area contributed by atoms with Crippen molar-refractivity contribution >= 4 is 43.0 Å². The molecule has 3 rings (SSSR count). The first-order chi connectivity index (χ1) is 13.5. The van der Waals surface area contributed by atoms with Crippen LogP contribution in [0.1, 0.15) is 25.3 Å². The van der Waals surface area contributed by atoms with Crippen molar-refractivity contribution in [1.29, 1.82) is 10.8 Å². The van der Waals surface area contributed by atoms with E-state index in [9.17, 15) is 0 Å². The number of hydrogen-bond donors (Lipinski definition) is 2. The Balaban J connectivity index is 2.21. The van der Waals surface area contributed by atoms with E-state index < -0.39 is 0 Å². The fourth-order valence-corrected chi connectivity index (χ4v) is 3.96. The highest BCUT2D eigenvalue weighted by atomic mass is 35.5. The normalized spacial score (nSPS) is 22.4. The highest BCUT2D eigenvalue weighted by Crippen LogP contribution is 2.32. The molecule has 0 spiro atoms. The Morgan fingerprint density at radius 2 is 2.11 bits per heavy atom. The summed E-state index contributed by atoms with van der Waals surface area (Å²) in [7, 11) is 2.84. The minimum absolute atomic E-state index is 0.0596. The summed E-state index contributed by atoms with van der Waals surface area (Å²) in [6, 6.07) is 7.28. The zero-order valence-electron chi connectivity index (χ0n) is 16.2. The molecule has 0 fully saturated rings. The number of ether oxygens (including phenoxy) is 1. The number of allylic oxidation sites excluding steroid dienone is 1. The SMILES string of the molecule is COC1C=CC2=C(C1)C(c1ccc(Cl)cc1)=NC(CC=PC)C(=N)N2C(C)=N. The number of methoxy groups -OCH3 is 1. The molecule has 1 aliphatic heterocycles. The fraction of sp³-hybridized carbons (Fsp3) is 0.333. The van der Waals surface area contributed by atoms with Gasteiger partial charge in [0.25, 0.3) is 0 Å². The Bertz CT molecular complexity index is 901. The van der Waals surface area contributed by atoms with Crippen molar-refractivity contribution < 1.29 is 4.74 Å². The summed E-state index contributed by atoms with van der Waals surface area (Å²) in [4.78, 5) is 6.71. The third-order valence-corrected chi connectivity index (χ3v) is 5.65. The molecule has 146 valence electrons. The molecule has 2 unspecified atom stereocenters. The third-order valence-electron chi connectivity index (χ3n) is 4.82. The zero-order chi connectivity index (χ0) is 20.3. The number of aliphatic imine (C=N–C) groups is 1. The summed E-state index contributed by atoms with van der Waals surface area (Å²) in [5.74, 6) is 2.74. The molecule has 28 heavy (non-hydrogen) atoms. The van der Waals surface area contributed by atoms with E-state index in [1.165, 1.54) is 0 Å². The quantitative estimate of drug-likeness (QED) is 0.422. The first-order valence-corrected chi connectivity index (χ1v) is 10.9. The van der Waals surface area contributed by atoms with Crippen LogP contribution in [-0.4, -0.2) is 54.0 Å². The summed E-state index contributed by atoms with van der Waals surface area (Å²) in [5.41, 5.74) is 3.62. The number of nitrogens with zero attached hydrogens (tertiary/aromatic N) is 2. The van der Waals surface area contributed by atoms with Crippen LogP contribution in [0.4, 0.5) is 0 Å². The topological polar surface area (TPSA) is 72.5 Å². The van der Waals surface area contributed by atoms with E-state index in [2.05, 4.69) is 12.5 Å². The molecule has 0 bridgehead atoms. The molecular formula is C21H24ClN4OP. The van der Waals surface area contributed by atoms with Gasteiger partial charge in [-0.1, -0.05) is 35.6 Å². The average Bonchev–Trinajstić information content (AvgIpc) is 2.80. The van der Waals surface area contributed by atoms with E-state index in [0.29, 0.717) is 29.5 Å². The van der Waals surface area contributed by atoms with Crippen LogP contribution in [-0.2, 0) is 4.74 Å². The first-order valence-electron chi connectivity index (χ1n) is 9.08. The van der Waals surface area contributed by atoms with Crippen LogP contribution in [0.5, 0.6) is 0 Å². The number of amidine groups is 2. The minimum atomic E-state index is -0.349. The van der Waals surface area contributed by atoms with Crippen LogP contribution < -0.4 is 0 Å². The van der Waals surface area contributed by atoms with Crippen molar-refractivity contribution in [2.45, 2.75) is 31.9 Å². The van der Waals surface area contributed by atoms with Crippen LogP contribution in [0.15, 0.2) is 52.7 Å². The molecule has 0 aromatic heterocycles. The highest BCUT2D eigenvalue weighted by Gasteiger charge is 2.33. The van der Waals surface area contributed by atoms with Crippen molar-refractivity contribution in [3.05, 3.63) is 58.3 Å². The maximum absolute atomic E-state index is 8.79. The molecule has 0 saturated carbocycles. The number of rotatable bonds is 4. The van der Waals surface area contributed by atoms with E-state index in [1.54, 1.807) is 18.9 Å². The number of hydrogen-bond acceptors (Lipinski definition) is 4. The van der Waals surface area contributed by atoms with E-state index in [0.717, 1.165) is 30.7 Å². The Morgan fingerprint density at radius 3 is 2.71 bits per heavy atom. The van der Waals surface area contributed by atoms with E-state index >= 15 is 0 Å². The average molecular weight is 415 g/mol. The fourth-order valence-electron chi connectivity index (χ4n) is 3.42. The van der Waals surface area contributed by atoms with Gasteiger partial charge in [0.2, 0.25) is 0 Å². The Hall–Kier alpha value is -2.07. The van der Waals surface area contributed by atoms with Gasteiger partial charge in [0.05, 0.1) is 17.5 Å². The van der Waals surface area contributed by atoms with Crippen LogP contribution in [0.3, 0.4) is 0 Å². The highest BCUT2D eigenvalue weighted by molar-refractivity contribution is 7.37. The van der Waals surface area contributed by atoms with Crippen molar-refractivity contribution in [1.82, 2.24) is 4.90 Å². The van der Waals surface area contributed by atoms with Gasteiger partial charge < -0.3 is 4.74 Å². The molecule has 0 saturated heterocycles. The lowest BCUT2D eigenvalue weighted by atomic mass is 9.91. The molecular weight excluding hydrogens is 391 g/mol. The lowest BCUT2D eigenvalue weighted by Crippen LogP contribution is -2.39. The van der Waals surface area contributed by atoms with E-state index in [4.69, 9.17) is 32.1 Å². The summed E-state index contributed by atoms with van der Waals surface area (Å²) in [6.45, 7) is 3.76. The Morgan fingerprint density at radius 1 is 1.39 bits per heavy atom. The van der Waals surface area contributed by atoms with Crippen LogP contribution in [0, 0.1) is 10.8 Å². The predicted octanol–water partition coefficient (Wildman–Crippen LogP) is 4.79. The molecule has 0 amide bonds. The second-order valence-electron chi connectivity index (χ2n) is 6.68. The lowest BCUT2D eigenvalue weighted by molar-refractivity contribution is 0.140. The van der Waals surface area contributed by atoms with Crippen LogP contribution in [0.2, 0.25) is 5.02 Å². The number of nitrogens with one attached hydrogen (secondary N) is 2. The van der Waals surface area contributed by atoms with Crippen molar-refractivity contribution in [2.75, 3.05) is 13.8 Å². The van der Waals surface area contributed by atoms with E-state index in [1.807, 2.05) is 36.4 Å². The summed E-state index contributed by atoms with van der Waals surface area (Å²) < 4.78 is 5.57. The smallest absolute Gasteiger partial charge is 0.132 e. The van der Waals surface area contributed by atoms with Gasteiger partial charge in [-0.2, -0.15) is 0 Å². The Kier molecular flexibility index (Phi) is 6.61. The number of benzene rings is 1. The van der Waals surface area contributed by atoms with Gasteiger partial charge in [-0.05, 0) is 38.2 Å². The second-order valence-corrected chi connectivity index (χ2v) is 8.00. The molecule has 1 aromatic carbocycles. The summed E-state index contributed by atoms with van der Waals surface area (Å²) in [5, 5.41) is 17.8. The predicted molar refractivity (Wildman–Crippen MR) is 120 cm³/mol. The van der Waals surface area contributed by atoms with Crippen LogP contribution >= 0.6 is 19.8 Å². The molecule has 1 aliphatic carbocycles. The van der Waals surface area contributed by atoms with Crippen molar-refractivity contribution in [2.24, 2.45) is 4.99 Å². The molecule has 0 radical (unpaired) electrons. The zero-order valence-corrected chi connectivity index (χ0v) is 17.9. The van der Waals surface area contributed by atoms with Gasteiger partial charge in [-0.25, -0.2) is 0 Å². The van der Waals surface area contributed by atoms with Gasteiger partial charge in [0.1, 0.15) is 17.7 Å². The third kappa shape index (κ3) is 4.17. The van der Waals surface area contributed by atoms with Crippen LogP contribution in [0.25, 0.3) is 0 Å². The van der Waals surface area contributed by atoms with Gasteiger partial charge in [0, 0.05) is 29.7 Å². The van der Waals surface area contributed by atoms with Crippen molar-refractivity contribution in [3.63, 3.8) is 0 Å². The molecule has 2 aliphatic rings. The van der Waals surface area contributed by atoms with Gasteiger partial charge in [-0.15, -0.1) is 8.20 Å². The van der Waals surface area contributed by atoms with Gasteiger partial charge >= 0.3 is 0 Å². The molecule has 2 N–H and O–H groups in total. The van der Waals surface area contributed by atoms with E-state index in [-0.39, 0.29) is 12.1 Å². The summed E-state index contributed by atoms with van der Waals surface area (Å²) in [6.07, 6.45) is 5.17. The molecule has 1 heterocycles. The Labute approximate surface area is 172 Å². The largest absolute Gasteiger partial charge is 0.377 e. The maximum Gasteiger partial charge on any atom is 0.132 e. The molecule has 2 atom stereocenters. The van der Waals surface area contributed by atoms with Crippen molar-refractivity contribution in [3.8, 4) is 0 Å². The minimum Gasteiger partial charge on any atom is -0.377 e.